The van der Waals surface area contributed by atoms with Crippen LogP contribution in [-0.2, 0) is 0 Å². The summed E-state index contributed by atoms with van der Waals surface area (Å²) >= 11 is 1.85. The van der Waals surface area contributed by atoms with Gasteiger partial charge in [0.25, 0.3) is 0 Å². The van der Waals surface area contributed by atoms with Crippen molar-refractivity contribution in [2.75, 3.05) is 14.1 Å². The van der Waals surface area contributed by atoms with Crippen molar-refractivity contribution in [2.45, 2.75) is 13.3 Å². The minimum absolute atomic E-state index is 0.990. The van der Waals surface area contributed by atoms with Crippen molar-refractivity contribution in [3.8, 4) is 0 Å². The van der Waals surface area contributed by atoms with Gasteiger partial charge >= 0.3 is 0 Å². The Morgan fingerprint density at radius 1 is 0.806 bits per heavy atom. The fourth-order valence-electron chi connectivity index (χ4n) is 3.67. The third-order valence-corrected chi connectivity index (χ3v) is 6.47. The van der Waals surface area contributed by atoms with Crippen molar-refractivity contribution in [3.05, 3.63) is 130 Å². The second-order valence-electron chi connectivity index (χ2n) is 7.81. The molecule has 0 spiro atoms. The zero-order valence-electron chi connectivity index (χ0n) is 18.4. The highest BCUT2D eigenvalue weighted by Gasteiger charge is 2.15. The van der Waals surface area contributed by atoms with Gasteiger partial charge in [-0.15, -0.1) is 0 Å². The maximum absolute atomic E-state index is 2.36. The van der Waals surface area contributed by atoms with Crippen LogP contribution in [0.25, 0.3) is 10.5 Å². The molecule has 2 aromatic rings. The van der Waals surface area contributed by atoms with Crippen LogP contribution in [0.2, 0.25) is 0 Å². The van der Waals surface area contributed by atoms with Crippen molar-refractivity contribution in [1.82, 2.24) is 0 Å². The van der Waals surface area contributed by atoms with Crippen LogP contribution in [0.15, 0.2) is 119 Å². The predicted molar refractivity (Wildman–Crippen MR) is 137 cm³/mol. The molecular weight excluding hydrogens is 394 g/mol. The van der Waals surface area contributed by atoms with Gasteiger partial charge in [-0.1, -0.05) is 79.3 Å². The molecule has 154 valence electrons. The van der Waals surface area contributed by atoms with Crippen molar-refractivity contribution in [2.24, 2.45) is 0 Å². The number of benzene rings is 2. The quantitative estimate of drug-likeness (QED) is 0.468. The topological polar surface area (TPSA) is 3.01 Å². The van der Waals surface area contributed by atoms with Crippen LogP contribution in [0.1, 0.15) is 24.5 Å². The van der Waals surface area contributed by atoms with Crippen LogP contribution >= 0.6 is 11.8 Å². The van der Waals surface area contributed by atoms with Gasteiger partial charge in [-0.05, 0) is 64.6 Å². The van der Waals surface area contributed by atoms with E-state index in [1.165, 1.54) is 43.4 Å². The molecule has 31 heavy (non-hydrogen) atoms. The van der Waals surface area contributed by atoms with Crippen molar-refractivity contribution in [1.29, 1.82) is 0 Å². The summed E-state index contributed by atoms with van der Waals surface area (Å²) in [4.78, 5) is 2.56. The number of nitrogens with zero attached hydrogens (tertiary/aromatic N) is 1. The van der Waals surface area contributed by atoms with E-state index < -0.39 is 0 Å². The molecule has 1 aliphatic carbocycles. The zero-order valence-corrected chi connectivity index (χ0v) is 19.2. The Balaban J connectivity index is 1.76. The molecule has 0 aromatic heterocycles. The third kappa shape index (κ3) is 5.15. The van der Waals surface area contributed by atoms with E-state index in [1.54, 1.807) is 0 Å². The van der Waals surface area contributed by atoms with E-state index in [0.29, 0.717) is 0 Å². The highest BCUT2D eigenvalue weighted by Crippen LogP contribution is 2.42. The van der Waals surface area contributed by atoms with Crippen molar-refractivity contribution >= 4 is 28.0 Å². The standard InChI is InChI=1S/C29H28NS/c1-4-22(24-15-17-27(18-16-24)30(2)3)19-28-20-26(23-11-7-5-8-12-23)21-29(31-28)25-13-9-6-10-14-25/h5-21H,4H2,1-3H3/q+1. The Kier molecular flexibility index (Phi) is 6.69. The van der Waals surface area contributed by atoms with Gasteiger partial charge in [-0.3, -0.25) is 0 Å². The van der Waals surface area contributed by atoms with E-state index in [0.717, 1.165) is 6.42 Å². The van der Waals surface area contributed by atoms with Gasteiger partial charge in [0.05, 0.1) is 0 Å². The lowest BCUT2D eigenvalue weighted by Gasteiger charge is -2.18. The van der Waals surface area contributed by atoms with Crippen LogP contribution in [-0.4, -0.2) is 24.4 Å². The lowest BCUT2D eigenvalue weighted by molar-refractivity contribution is -0.462. The fraction of sp³-hybridized carbons (Fsp3) is 0.138. The highest BCUT2D eigenvalue weighted by molar-refractivity contribution is 8.12. The zero-order chi connectivity index (χ0) is 21.6. The average molecular weight is 423 g/mol. The van der Waals surface area contributed by atoms with E-state index in [-0.39, 0.29) is 0 Å². The van der Waals surface area contributed by atoms with Crippen LogP contribution in [0.3, 0.4) is 0 Å². The molecule has 0 fully saturated rings. The predicted octanol–water partition coefficient (Wildman–Crippen LogP) is 7.29. The molecule has 0 N–H and O–H groups in total. The molecule has 1 heterocycles. The van der Waals surface area contributed by atoms with Gasteiger partial charge in [0.15, 0.2) is 5.71 Å². The summed E-state index contributed by atoms with van der Waals surface area (Å²) in [6.07, 6.45) is 16.8. The van der Waals surface area contributed by atoms with Gasteiger partial charge < -0.3 is 0 Å². The number of allylic oxidation sites excluding steroid dienone is 10. The molecular formula is C29H28NS+. The Labute approximate surface area is 190 Å². The molecule has 1 aliphatic heterocycles. The van der Waals surface area contributed by atoms with Gasteiger partial charge in [-0.2, -0.15) is 0 Å². The van der Waals surface area contributed by atoms with E-state index in [2.05, 4.69) is 129 Å². The molecule has 1 nitrogen and oxygen atoms in total. The van der Waals surface area contributed by atoms with Gasteiger partial charge in [0.2, 0.25) is 0 Å². The molecule has 0 atom stereocenters. The second kappa shape index (κ2) is 9.80. The lowest BCUT2D eigenvalue weighted by atomic mass is 9.99. The minimum atomic E-state index is 0.990. The minimum Gasteiger partial charge on any atom is -0.235 e. The molecule has 0 radical (unpaired) electrons. The molecule has 2 aromatic carbocycles. The summed E-state index contributed by atoms with van der Waals surface area (Å²) in [6.45, 7) is 2.23. The average Bonchev–Trinajstić information content (AvgIpc) is 2.83. The van der Waals surface area contributed by atoms with Crippen LogP contribution in [0.5, 0.6) is 0 Å². The summed E-state index contributed by atoms with van der Waals surface area (Å²) in [5.74, 6) is 0. The fourth-order valence-corrected chi connectivity index (χ4v) is 4.75. The van der Waals surface area contributed by atoms with Gasteiger partial charge in [0.1, 0.15) is 14.1 Å². The first-order chi connectivity index (χ1) is 15.1. The summed E-state index contributed by atoms with van der Waals surface area (Å²) in [6, 6.07) is 21.3. The second-order valence-corrected chi connectivity index (χ2v) is 8.92. The van der Waals surface area contributed by atoms with Crippen LogP contribution in [0, 0.1) is 0 Å². The van der Waals surface area contributed by atoms with Gasteiger partial charge in [0, 0.05) is 22.0 Å². The summed E-state index contributed by atoms with van der Waals surface area (Å²) in [5.41, 5.74) is 7.61. The molecule has 0 amide bonds. The monoisotopic (exact) mass is 422 g/mol. The van der Waals surface area contributed by atoms with E-state index in [9.17, 15) is 0 Å². The molecule has 0 saturated carbocycles. The van der Waals surface area contributed by atoms with E-state index in [4.69, 9.17) is 0 Å². The Morgan fingerprint density at radius 2 is 1.42 bits per heavy atom. The Bertz CT molecular complexity index is 1150. The van der Waals surface area contributed by atoms with Crippen molar-refractivity contribution < 1.29 is 4.58 Å². The first-order valence-corrected chi connectivity index (χ1v) is 11.5. The SMILES string of the molecule is CCC(C=C1C=C(c2ccccc2)C=C(c2ccccc2)S1)=C1C=CC(=[N+](C)C)C=C1. The Morgan fingerprint density at radius 3 is 2.00 bits per heavy atom. The van der Waals surface area contributed by atoms with Crippen molar-refractivity contribution in [3.63, 3.8) is 0 Å². The molecule has 2 aliphatic rings. The summed E-state index contributed by atoms with van der Waals surface area (Å²) in [5, 5.41) is 0. The molecule has 0 unspecified atom stereocenters. The van der Waals surface area contributed by atoms with Gasteiger partial charge in [-0.25, -0.2) is 4.58 Å². The largest absolute Gasteiger partial charge is 0.235 e. The van der Waals surface area contributed by atoms with Crippen LogP contribution < -0.4 is 0 Å². The van der Waals surface area contributed by atoms with E-state index in [1.807, 2.05) is 11.8 Å². The smallest absolute Gasteiger partial charge is 0.199 e. The maximum Gasteiger partial charge on any atom is 0.199 e. The first-order valence-electron chi connectivity index (χ1n) is 10.7. The number of rotatable bonds is 4. The lowest BCUT2D eigenvalue weighted by Crippen LogP contribution is -2.09. The maximum atomic E-state index is 2.36. The van der Waals surface area contributed by atoms with Crippen LogP contribution in [0.4, 0.5) is 0 Å². The number of hydrogen-bond donors (Lipinski definition) is 0. The highest BCUT2D eigenvalue weighted by atomic mass is 32.2. The molecule has 0 bridgehead atoms. The molecule has 0 saturated heterocycles. The molecule has 2 heteroatoms. The van der Waals surface area contributed by atoms with E-state index >= 15 is 0 Å². The Hall–Kier alpha value is -3.10. The first kappa shape index (κ1) is 21.1. The summed E-state index contributed by atoms with van der Waals surface area (Å²) < 4.78 is 2.14. The number of hydrogen-bond acceptors (Lipinski definition) is 1. The molecule has 4 rings (SSSR count). The third-order valence-electron chi connectivity index (χ3n) is 5.43. The summed E-state index contributed by atoms with van der Waals surface area (Å²) in [7, 11) is 4.15. The normalized spacial score (nSPS) is 16.9. The number of thioether (sulfide) groups is 1.